The van der Waals surface area contributed by atoms with E-state index in [0.29, 0.717) is 6.42 Å². The molecule has 0 aliphatic carbocycles. The zero-order valence-corrected chi connectivity index (χ0v) is 11.3. The summed E-state index contributed by atoms with van der Waals surface area (Å²) < 4.78 is 1.07. The smallest absolute Gasteiger partial charge is 0.224 e. The largest absolute Gasteiger partial charge is 0.326 e. The number of halogens is 1. The van der Waals surface area contributed by atoms with Crippen molar-refractivity contribution in [2.75, 3.05) is 5.32 Å². The van der Waals surface area contributed by atoms with Crippen LogP contribution in [-0.4, -0.2) is 5.91 Å². The first-order valence-electron chi connectivity index (χ1n) is 5.69. The molecule has 2 nitrogen and oxygen atoms in total. The first-order valence-corrected chi connectivity index (χ1v) is 6.48. The number of amides is 1. The molecular weight excluding hydrogens is 278 g/mol. The van der Waals surface area contributed by atoms with Gasteiger partial charge in [0.2, 0.25) is 5.91 Å². The highest BCUT2D eigenvalue weighted by atomic mass is 79.9. The summed E-state index contributed by atoms with van der Waals surface area (Å²) in [6, 6.07) is 12.0. The molecule has 0 fully saturated rings. The van der Waals surface area contributed by atoms with Gasteiger partial charge in [-0.25, -0.2) is 0 Å². The molecule has 2 aromatic carbocycles. The molecule has 0 aliphatic heterocycles. The third-order valence-corrected chi connectivity index (χ3v) is 3.28. The average Bonchev–Trinajstić information content (AvgIpc) is 2.29. The number of carbonyl (C=O) groups excluding carboxylic acids is 1. The molecule has 0 aliphatic rings. The van der Waals surface area contributed by atoms with Gasteiger partial charge in [-0.1, -0.05) is 41.1 Å². The predicted octanol–water partition coefficient (Wildman–Crippen LogP) is 4.34. The van der Waals surface area contributed by atoms with Gasteiger partial charge in [-0.2, -0.15) is 0 Å². The normalized spacial score (nSPS) is 10.5. The summed E-state index contributed by atoms with van der Waals surface area (Å²) in [5.41, 5.74) is 0.856. The molecule has 0 saturated carbocycles. The zero-order valence-electron chi connectivity index (χ0n) is 9.66. The van der Waals surface area contributed by atoms with Crippen LogP contribution in [0.15, 0.2) is 40.9 Å². The van der Waals surface area contributed by atoms with E-state index in [1.807, 2.05) is 43.3 Å². The van der Waals surface area contributed by atoms with Crippen molar-refractivity contribution in [3.63, 3.8) is 0 Å². The summed E-state index contributed by atoms with van der Waals surface area (Å²) in [6.45, 7) is 2.00. The maximum Gasteiger partial charge on any atom is 0.224 e. The average molecular weight is 292 g/mol. The van der Waals surface area contributed by atoms with Crippen LogP contribution in [-0.2, 0) is 4.79 Å². The van der Waals surface area contributed by atoms with Gasteiger partial charge in [-0.05, 0) is 35.4 Å². The highest BCUT2D eigenvalue weighted by molar-refractivity contribution is 9.10. The lowest BCUT2D eigenvalue weighted by Gasteiger charge is -2.06. The van der Waals surface area contributed by atoms with Gasteiger partial charge >= 0.3 is 0 Å². The van der Waals surface area contributed by atoms with E-state index in [0.717, 1.165) is 27.4 Å². The number of hydrogen-bond donors (Lipinski definition) is 1. The summed E-state index contributed by atoms with van der Waals surface area (Å²) in [4.78, 5) is 11.5. The Morgan fingerprint density at radius 3 is 2.88 bits per heavy atom. The number of rotatable bonds is 3. The second-order valence-electron chi connectivity index (χ2n) is 3.97. The minimum Gasteiger partial charge on any atom is -0.326 e. The van der Waals surface area contributed by atoms with Crippen molar-refractivity contribution in [2.45, 2.75) is 19.8 Å². The predicted molar refractivity (Wildman–Crippen MR) is 75.2 cm³/mol. The van der Waals surface area contributed by atoms with Crippen LogP contribution in [0.2, 0.25) is 0 Å². The Balaban J connectivity index is 2.29. The minimum absolute atomic E-state index is 0.0712. The standard InChI is InChI=1S/C14H14BrNO/c1-2-4-14(17)16-11-7-8-12-10(9-11)5-3-6-13(12)15/h3,5-9H,2,4H2,1H3,(H,16,17). The third kappa shape index (κ3) is 2.86. The quantitative estimate of drug-likeness (QED) is 0.895. The third-order valence-electron chi connectivity index (χ3n) is 2.59. The van der Waals surface area contributed by atoms with Crippen molar-refractivity contribution < 1.29 is 4.79 Å². The first kappa shape index (κ1) is 12.1. The topological polar surface area (TPSA) is 29.1 Å². The summed E-state index contributed by atoms with van der Waals surface area (Å²) in [5, 5.41) is 5.17. The molecule has 0 unspecified atom stereocenters. The van der Waals surface area contributed by atoms with E-state index in [1.165, 1.54) is 0 Å². The summed E-state index contributed by atoms with van der Waals surface area (Å²) in [5.74, 6) is 0.0712. The molecule has 1 amide bonds. The van der Waals surface area contributed by atoms with Gasteiger partial charge in [-0.3, -0.25) is 4.79 Å². The fourth-order valence-electron chi connectivity index (χ4n) is 1.77. The van der Waals surface area contributed by atoms with Gasteiger partial charge in [0.25, 0.3) is 0 Å². The van der Waals surface area contributed by atoms with Crippen LogP contribution in [0.4, 0.5) is 5.69 Å². The number of benzene rings is 2. The van der Waals surface area contributed by atoms with Crippen LogP contribution < -0.4 is 5.32 Å². The lowest BCUT2D eigenvalue weighted by atomic mass is 10.1. The molecule has 1 N–H and O–H groups in total. The van der Waals surface area contributed by atoms with Crippen molar-refractivity contribution in [1.82, 2.24) is 0 Å². The molecule has 0 saturated heterocycles. The molecule has 0 atom stereocenters. The van der Waals surface area contributed by atoms with Crippen molar-refractivity contribution in [3.05, 3.63) is 40.9 Å². The maximum absolute atomic E-state index is 11.5. The van der Waals surface area contributed by atoms with E-state index in [1.54, 1.807) is 0 Å². The van der Waals surface area contributed by atoms with Gasteiger partial charge < -0.3 is 5.32 Å². The molecule has 2 rings (SSSR count). The van der Waals surface area contributed by atoms with E-state index < -0.39 is 0 Å². The lowest BCUT2D eigenvalue weighted by Crippen LogP contribution is -2.10. The molecule has 0 bridgehead atoms. The Kier molecular flexibility index (Phi) is 3.79. The van der Waals surface area contributed by atoms with Crippen LogP contribution in [0, 0.1) is 0 Å². The minimum atomic E-state index is 0.0712. The molecule has 88 valence electrons. The summed E-state index contributed by atoms with van der Waals surface area (Å²) in [6.07, 6.45) is 1.43. The zero-order chi connectivity index (χ0) is 12.3. The van der Waals surface area contributed by atoms with E-state index in [9.17, 15) is 4.79 Å². The fraction of sp³-hybridized carbons (Fsp3) is 0.214. The monoisotopic (exact) mass is 291 g/mol. The molecular formula is C14H14BrNO. The molecule has 0 radical (unpaired) electrons. The molecule has 0 spiro atoms. The highest BCUT2D eigenvalue weighted by Crippen LogP contribution is 2.26. The van der Waals surface area contributed by atoms with Crippen LogP contribution in [0.25, 0.3) is 10.8 Å². The Hall–Kier alpha value is -1.35. The van der Waals surface area contributed by atoms with Crippen molar-refractivity contribution in [3.8, 4) is 0 Å². The Morgan fingerprint density at radius 1 is 1.29 bits per heavy atom. The molecule has 3 heteroatoms. The second kappa shape index (κ2) is 5.32. The van der Waals surface area contributed by atoms with E-state index >= 15 is 0 Å². The Morgan fingerprint density at radius 2 is 2.12 bits per heavy atom. The molecule has 0 aromatic heterocycles. The van der Waals surface area contributed by atoms with Crippen molar-refractivity contribution >= 4 is 38.3 Å². The number of anilines is 1. The van der Waals surface area contributed by atoms with E-state index in [-0.39, 0.29) is 5.91 Å². The van der Waals surface area contributed by atoms with Gasteiger partial charge in [0, 0.05) is 16.6 Å². The lowest BCUT2D eigenvalue weighted by molar-refractivity contribution is -0.116. The van der Waals surface area contributed by atoms with Crippen LogP contribution in [0.1, 0.15) is 19.8 Å². The summed E-state index contributed by atoms with van der Waals surface area (Å²) in [7, 11) is 0. The molecule has 0 heterocycles. The summed E-state index contributed by atoms with van der Waals surface area (Å²) >= 11 is 3.51. The number of carbonyl (C=O) groups is 1. The van der Waals surface area contributed by atoms with Crippen LogP contribution in [0.3, 0.4) is 0 Å². The molecule has 2 aromatic rings. The van der Waals surface area contributed by atoms with Crippen molar-refractivity contribution in [2.24, 2.45) is 0 Å². The van der Waals surface area contributed by atoms with E-state index in [4.69, 9.17) is 0 Å². The number of nitrogens with one attached hydrogen (secondary N) is 1. The molecule has 17 heavy (non-hydrogen) atoms. The fourth-order valence-corrected chi connectivity index (χ4v) is 2.29. The van der Waals surface area contributed by atoms with Crippen LogP contribution >= 0.6 is 15.9 Å². The van der Waals surface area contributed by atoms with Gasteiger partial charge in [0.15, 0.2) is 0 Å². The number of fused-ring (bicyclic) bond motifs is 1. The van der Waals surface area contributed by atoms with Crippen molar-refractivity contribution in [1.29, 1.82) is 0 Å². The maximum atomic E-state index is 11.5. The van der Waals surface area contributed by atoms with Gasteiger partial charge in [0.05, 0.1) is 0 Å². The van der Waals surface area contributed by atoms with Gasteiger partial charge in [0.1, 0.15) is 0 Å². The Bertz CT molecular complexity index is 551. The van der Waals surface area contributed by atoms with Gasteiger partial charge in [-0.15, -0.1) is 0 Å². The van der Waals surface area contributed by atoms with E-state index in [2.05, 4.69) is 21.2 Å². The second-order valence-corrected chi connectivity index (χ2v) is 4.83. The SMILES string of the molecule is CCCC(=O)Nc1ccc2c(Br)cccc2c1. The van der Waals surface area contributed by atoms with Crippen LogP contribution in [0.5, 0.6) is 0 Å². The Labute approximate surface area is 109 Å². The first-order chi connectivity index (χ1) is 8.20. The number of hydrogen-bond acceptors (Lipinski definition) is 1. The highest BCUT2D eigenvalue weighted by Gasteiger charge is 2.03.